The van der Waals surface area contributed by atoms with E-state index in [2.05, 4.69) is 4.90 Å². The van der Waals surface area contributed by atoms with Gasteiger partial charge in [-0.1, -0.05) is 35.9 Å². The molecule has 0 atom stereocenters. The topological polar surface area (TPSA) is 45.6 Å². The van der Waals surface area contributed by atoms with Gasteiger partial charge in [-0.3, -0.25) is 14.2 Å². The molecule has 3 aromatic rings. The molecule has 27 heavy (non-hydrogen) atoms. The van der Waals surface area contributed by atoms with Crippen LogP contribution in [-0.4, -0.2) is 47.5 Å². The van der Waals surface area contributed by atoms with Gasteiger partial charge in [0, 0.05) is 55.4 Å². The van der Waals surface area contributed by atoms with Gasteiger partial charge in [0.25, 0.3) is 5.91 Å². The van der Waals surface area contributed by atoms with Crippen LogP contribution in [0.2, 0.25) is 5.02 Å². The molecule has 0 radical (unpaired) electrons. The Bertz CT molecular complexity index is 1020. The Hall–Kier alpha value is -2.79. The number of amides is 1. The van der Waals surface area contributed by atoms with Crippen molar-refractivity contribution in [3.05, 3.63) is 65.3 Å². The Morgan fingerprint density at radius 1 is 0.963 bits per heavy atom. The monoisotopic (exact) mass is 381 g/mol. The van der Waals surface area contributed by atoms with Crippen LogP contribution < -0.4 is 4.90 Å². The highest BCUT2D eigenvalue weighted by Gasteiger charge is 2.25. The third-order valence-corrected chi connectivity index (χ3v) is 5.26. The third-order valence-electron chi connectivity index (χ3n) is 5.02. The van der Waals surface area contributed by atoms with E-state index in [4.69, 9.17) is 11.6 Å². The van der Waals surface area contributed by atoms with E-state index in [-0.39, 0.29) is 11.8 Å². The van der Waals surface area contributed by atoms with E-state index in [1.165, 1.54) is 6.92 Å². The summed E-state index contributed by atoms with van der Waals surface area (Å²) in [7, 11) is 0. The van der Waals surface area contributed by atoms with Crippen molar-refractivity contribution < 1.29 is 9.59 Å². The van der Waals surface area contributed by atoms with Crippen LogP contribution in [0.4, 0.5) is 5.69 Å². The number of aromatic nitrogens is 1. The maximum absolute atomic E-state index is 13.1. The Labute approximate surface area is 162 Å². The van der Waals surface area contributed by atoms with Crippen LogP contribution in [0.1, 0.15) is 22.1 Å². The molecule has 5 nitrogen and oxygen atoms in total. The Balaban J connectivity index is 1.55. The number of rotatable bonds is 2. The van der Waals surface area contributed by atoms with Crippen LogP contribution in [-0.2, 0) is 0 Å². The normalized spacial score (nSPS) is 14.6. The van der Waals surface area contributed by atoms with E-state index in [1.54, 1.807) is 10.8 Å². The van der Waals surface area contributed by atoms with Crippen molar-refractivity contribution in [3.63, 3.8) is 0 Å². The highest BCUT2D eigenvalue weighted by molar-refractivity contribution is 6.30. The lowest BCUT2D eigenvalue weighted by atomic mass is 10.1. The molecular weight excluding hydrogens is 362 g/mol. The largest absolute Gasteiger partial charge is 0.368 e. The lowest BCUT2D eigenvalue weighted by Crippen LogP contribution is -2.48. The summed E-state index contributed by atoms with van der Waals surface area (Å²) >= 11 is 6.09. The van der Waals surface area contributed by atoms with E-state index in [0.717, 1.165) is 29.7 Å². The van der Waals surface area contributed by atoms with Gasteiger partial charge in [0.15, 0.2) is 0 Å². The van der Waals surface area contributed by atoms with Crippen LogP contribution in [0.25, 0.3) is 10.9 Å². The molecular formula is C21H20ClN3O2. The van der Waals surface area contributed by atoms with Crippen molar-refractivity contribution in [3.8, 4) is 0 Å². The summed E-state index contributed by atoms with van der Waals surface area (Å²) in [4.78, 5) is 29.1. The molecule has 0 spiro atoms. The van der Waals surface area contributed by atoms with Gasteiger partial charge in [-0.25, -0.2) is 0 Å². The number of para-hydroxylation sites is 1. The first-order valence-corrected chi connectivity index (χ1v) is 9.33. The number of piperazine rings is 1. The van der Waals surface area contributed by atoms with Gasteiger partial charge < -0.3 is 9.80 Å². The van der Waals surface area contributed by atoms with E-state index in [9.17, 15) is 9.59 Å². The highest BCUT2D eigenvalue weighted by Crippen LogP contribution is 2.25. The van der Waals surface area contributed by atoms with Crippen molar-refractivity contribution in [2.75, 3.05) is 31.1 Å². The molecule has 4 rings (SSSR count). The van der Waals surface area contributed by atoms with E-state index in [1.807, 2.05) is 53.4 Å². The van der Waals surface area contributed by atoms with Crippen LogP contribution in [0.3, 0.4) is 0 Å². The lowest BCUT2D eigenvalue weighted by molar-refractivity contribution is 0.0748. The van der Waals surface area contributed by atoms with Gasteiger partial charge in [-0.2, -0.15) is 0 Å². The Morgan fingerprint density at radius 2 is 1.70 bits per heavy atom. The lowest BCUT2D eigenvalue weighted by Gasteiger charge is -2.36. The van der Waals surface area contributed by atoms with Gasteiger partial charge in [-0.05, 0) is 24.3 Å². The predicted octanol–water partition coefficient (Wildman–Crippen LogP) is 3.92. The fourth-order valence-electron chi connectivity index (χ4n) is 3.62. The summed E-state index contributed by atoms with van der Waals surface area (Å²) in [5.41, 5.74) is 2.42. The van der Waals surface area contributed by atoms with Gasteiger partial charge in [0.1, 0.15) is 0 Å². The van der Waals surface area contributed by atoms with Crippen molar-refractivity contribution in [2.24, 2.45) is 0 Å². The first-order chi connectivity index (χ1) is 13.0. The minimum absolute atomic E-state index is 0.0306. The summed E-state index contributed by atoms with van der Waals surface area (Å²) < 4.78 is 1.55. The van der Waals surface area contributed by atoms with Gasteiger partial charge in [0.2, 0.25) is 5.91 Å². The number of hydrogen-bond donors (Lipinski definition) is 0. The zero-order valence-corrected chi connectivity index (χ0v) is 15.8. The van der Waals surface area contributed by atoms with Crippen LogP contribution in [0.15, 0.2) is 54.7 Å². The van der Waals surface area contributed by atoms with Crippen LogP contribution in [0, 0.1) is 0 Å². The molecule has 1 saturated heterocycles. The molecule has 2 aromatic carbocycles. The summed E-state index contributed by atoms with van der Waals surface area (Å²) in [6.07, 6.45) is 1.67. The highest BCUT2D eigenvalue weighted by atomic mass is 35.5. The second-order valence-electron chi connectivity index (χ2n) is 6.71. The smallest absolute Gasteiger partial charge is 0.256 e. The zero-order valence-electron chi connectivity index (χ0n) is 15.1. The first-order valence-electron chi connectivity index (χ1n) is 8.95. The SMILES string of the molecule is CC(=O)n1cc(C(=O)N2CCN(c3cccc(Cl)c3)CC2)c2ccccc21. The molecule has 1 aliphatic rings. The standard InChI is InChI=1S/C21H20ClN3O2/c1-15(26)25-14-19(18-7-2-3-8-20(18)25)21(27)24-11-9-23(10-12-24)17-6-4-5-16(22)13-17/h2-8,13-14H,9-12H2,1H3. The number of carbonyl (C=O) groups excluding carboxylic acids is 2. The maximum Gasteiger partial charge on any atom is 0.256 e. The maximum atomic E-state index is 13.1. The number of benzene rings is 2. The third kappa shape index (κ3) is 3.30. The second-order valence-corrected chi connectivity index (χ2v) is 7.14. The van der Waals surface area contributed by atoms with Crippen molar-refractivity contribution in [1.82, 2.24) is 9.47 Å². The number of halogens is 1. The van der Waals surface area contributed by atoms with Crippen molar-refractivity contribution >= 4 is 40.0 Å². The number of nitrogens with zero attached hydrogens (tertiary/aromatic N) is 3. The molecule has 1 aliphatic heterocycles. The summed E-state index contributed by atoms with van der Waals surface area (Å²) in [6, 6.07) is 15.3. The van der Waals surface area contributed by atoms with Gasteiger partial charge in [0.05, 0.1) is 11.1 Å². The average Bonchev–Trinajstić information content (AvgIpc) is 3.08. The molecule has 0 N–H and O–H groups in total. The van der Waals surface area contributed by atoms with Crippen molar-refractivity contribution in [1.29, 1.82) is 0 Å². The minimum Gasteiger partial charge on any atom is -0.368 e. The number of fused-ring (bicyclic) bond motifs is 1. The van der Waals surface area contributed by atoms with E-state index >= 15 is 0 Å². The number of hydrogen-bond acceptors (Lipinski definition) is 3. The van der Waals surface area contributed by atoms with Crippen molar-refractivity contribution in [2.45, 2.75) is 6.92 Å². The number of carbonyl (C=O) groups is 2. The Morgan fingerprint density at radius 3 is 2.41 bits per heavy atom. The van der Waals surface area contributed by atoms with Gasteiger partial charge >= 0.3 is 0 Å². The summed E-state index contributed by atoms with van der Waals surface area (Å²) in [5.74, 6) is -0.132. The average molecular weight is 382 g/mol. The predicted molar refractivity (Wildman–Crippen MR) is 108 cm³/mol. The fourth-order valence-corrected chi connectivity index (χ4v) is 3.81. The molecule has 0 aliphatic carbocycles. The molecule has 138 valence electrons. The molecule has 2 heterocycles. The molecule has 1 amide bonds. The second kappa shape index (κ2) is 7.08. The fraction of sp³-hybridized carbons (Fsp3) is 0.238. The zero-order chi connectivity index (χ0) is 19.0. The molecule has 0 bridgehead atoms. The molecule has 0 saturated carbocycles. The molecule has 1 fully saturated rings. The quantitative estimate of drug-likeness (QED) is 0.676. The van der Waals surface area contributed by atoms with E-state index < -0.39 is 0 Å². The summed E-state index contributed by atoms with van der Waals surface area (Å²) in [5, 5.41) is 1.53. The van der Waals surface area contributed by atoms with Crippen LogP contribution in [0.5, 0.6) is 0 Å². The first kappa shape index (κ1) is 17.6. The Kier molecular flexibility index (Phi) is 4.62. The van der Waals surface area contributed by atoms with Gasteiger partial charge in [-0.15, -0.1) is 0 Å². The van der Waals surface area contributed by atoms with E-state index in [0.29, 0.717) is 23.7 Å². The summed E-state index contributed by atoms with van der Waals surface area (Å²) in [6.45, 7) is 4.26. The van der Waals surface area contributed by atoms with Crippen LogP contribution >= 0.6 is 11.6 Å². The minimum atomic E-state index is -0.101. The molecule has 1 aromatic heterocycles. The molecule has 0 unspecified atom stereocenters. The number of anilines is 1. The molecule has 6 heteroatoms.